The van der Waals surface area contributed by atoms with E-state index < -0.39 is 17.8 Å². The molecule has 0 saturated carbocycles. The van der Waals surface area contributed by atoms with Crippen molar-refractivity contribution in [1.29, 1.82) is 0 Å². The molecule has 0 radical (unpaired) electrons. The number of hydrogen-bond acceptors (Lipinski definition) is 4. The molecule has 1 aromatic rings. The Hall–Kier alpha value is -1.53. The first-order valence-corrected chi connectivity index (χ1v) is 4.70. The van der Waals surface area contributed by atoms with E-state index in [1.165, 1.54) is 19.4 Å². The lowest BCUT2D eigenvalue weighted by Crippen LogP contribution is -2.34. The Morgan fingerprint density at radius 2 is 2.50 bits per heavy atom. The third kappa shape index (κ3) is 3.56. The fourth-order valence-corrected chi connectivity index (χ4v) is 1.12. The minimum atomic E-state index is -0.807. The van der Waals surface area contributed by atoms with Gasteiger partial charge in [-0.15, -0.1) is 0 Å². The van der Waals surface area contributed by atoms with Gasteiger partial charge in [0.15, 0.2) is 5.82 Å². The number of aliphatic hydroxyl groups is 1. The first-order chi connectivity index (χ1) is 7.65. The van der Waals surface area contributed by atoms with Crippen LogP contribution in [0.25, 0.3) is 0 Å². The smallest absolute Gasteiger partial charge is 0.254 e. The number of hydrogen-bond donors (Lipinski definition) is 2. The number of carbonyl (C=O) groups is 1. The molecule has 5 nitrogen and oxygen atoms in total. The third-order valence-electron chi connectivity index (χ3n) is 1.87. The number of nitrogens with one attached hydrogen (secondary N) is 1. The van der Waals surface area contributed by atoms with E-state index in [-0.39, 0.29) is 18.7 Å². The first kappa shape index (κ1) is 12.5. The van der Waals surface area contributed by atoms with Crippen LogP contribution >= 0.6 is 0 Å². The Balaban J connectivity index is 2.50. The number of amides is 1. The van der Waals surface area contributed by atoms with Crippen LogP contribution < -0.4 is 5.32 Å². The molecular weight excluding hydrogens is 215 g/mol. The first-order valence-electron chi connectivity index (χ1n) is 4.70. The number of nitrogens with zero attached hydrogens (tertiary/aromatic N) is 1. The summed E-state index contributed by atoms with van der Waals surface area (Å²) < 4.78 is 17.8. The topological polar surface area (TPSA) is 71.5 Å². The maximum absolute atomic E-state index is 13.1. The quantitative estimate of drug-likeness (QED) is 0.741. The Morgan fingerprint density at radius 1 is 1.75 bits per heavy atom. The molecule has 0 aliphatic carbocycles. The van der Waals surface area contributed by atoms with Crippen molar-refractivity contribution in [3.63, 3.8) is 0 Å². The molecule has 88 valence electrons. The normalized spacial score (nSPS) is 12.2. The van der Waals surface area contributed by atoms with Gasteiger partial charge in [-0.1, -0.05) is 0 Å². The van der Waals surface area contributed by atoms with Crippen molar-refractivity contribution in [2.24, 2.45) is 0 Å². The van der Waals surface area contributed by atoms with Crippen molar-refractivity contribution in [3.8, 4) is 0 Å². The molecule has 16 heavy (non-hydrogen) atoms. The lowest BCUT2D eigenvalue weighted by Gasteiger charge is -2.10. The van der Waals surface area contributed by atoms with Gasteiger partial charge in [0.05, 0.1) is 24.5 Å². The number of aromatic nitrogens is 1. The fraction of sp³-hybridized carbons (Fsp3) is 0.400. The van der Waals surface area contributed by atoms with E-state index in [1.54, 1.807) is 0 Å². The maximum atomic E-state index is 13.1. The van der Waals surface area contributed by atoms with Gasteiger partial charge in [-0.2, -0.15) is 0 Å². The van der Waals surface area contributed by atoms with Crippen LogP contribution in [0, 0.1) is 5.82 Å². The second-order valence-electron chi connectivity index (χ2n) is 3.17. The molecule has 1 aromatic heterocycles. The van der Waals surface area contributed by atoms with E-state index in [1.807, 2.05) is 0 Å². The number of aliphatic hydroxyl groups excluding tert-OH is 1. The van der Waals surface area contributed by atoms with Crippen LogP contribution in [0.2, 0.25) is 0 Å². The predicted octanol–water partition coefficient (Wildman–Crippen LogP) is -0.0422. The zero-order valence-corrected chi connectivity index (χ0v) is 8.81. The van der Waals surface area contributed by atoms with Gasteiger partial charge >= 0.3 is 0 Å². The molecule has 0 saturated heterocycles. The van der Waals surface area contributed by atoms with E-state index in [0.717, 1.165) is 6.20 Å². The van der Waals surface area contributed by atoms with Crippen LogP contribution in [0.5, 0.6) is 0 Å². The molecule has 0 bridgehead atoms. The van der Waals surface area contributed by atoms with Crippen LogP contribution in [0.4, 0.5) is 4.39 Å². The average molecular weight is 228 g/mol. The third-order valence-corrected chi connectivity index (χ3v) is 1.87. The molecule has 1 rings (SSSR count). The lowest BCUT2D eigenvalue weighted by molar-refractivity contribution is 0.0609. The molecule has 0 aliphatic heterocycles. The van der Waals surface area contributed by atoms with Crippen LogP contribution in [-0.4, -0.2) is 42.4 Å². The zero-order chi connectivity index (χ0) is 12.0. The minimum absolute atomic E-state index is 0.00837. The number of rotatable bonds is 5. The molecule has 0 fully saturated rings. The Kier molecular flexibility index (Phi) is 4.81. The lowest BCUT2D eigenvalue weighted by atomic mass is 10.2. The Labute approximate surface area is 92.3 Å². The van der Waals surface area contributed by atoms with Crippen LogP contribution in [0.15, 0.2) is 18.5 Å². The van der Waals surface area contributed by atoms with Crippen molar-refractivity contribution in [2.75, 3.05) is 20.3 Å². The van der Waals surface area contributed by atoms with Gasteiger partial charge in [-0.05, 0) is 6.07 Å². The summed E-state index contributed by atoms with van der Waals surface area (Å²) in [5.41, 5.74) is -0.0976. The molecule has 0 aliphatic rings. The average Bonchev–Trinajstić information content (AvgIpc) is 2.27. The fourth-order valence-electron chi connectivity index (χ4n) is 1.12. The van der Waals surface area contributed by atoms with Crippen LogP contribution in [-0.2, 0) is 4.74 Å². The Bertz CT molecular complexity index is 360. The van der Waals surface area contributed by atoms with Crippen molar-refractivity contribution < 1.29 is 19.0 Å². The number of carbonyl (C=O) groups excluding carboxylic acids is 1. The van der Waals surface area contributed by atoms with Crippen molar-refractivity contribution in [2.45, 2.75) is 6.10 Å². The van der Waals surface area contributed by atoms with Gasteiger partial charge in [0.1, 0.15) is 0 Å². The van der Waals surface area contributed by atoms with Gasteiger partial charge < -0.3 is 15.2 Å². The second kappa shape index (κ2) is 6.14. The van der Waals surface area contributed by atoms with E-state index >= 15 is 0 Å². The van der Waals surface area contributed by atoms with Crippen molar-refractivity contribution in [3.05, 3.63) is 29.8 Å². The SMILES string of the molecule is COCC(O)CNC(=O)c1ccncc1F. The number of pyridine rings is 1. The predicted molar refractivity (Wildman–Crippen MR) is 54.4 cm³/mol. The number of methoxy groups -OCH3 is 1. The molecule has 2 N–H and O–H groups in total. The number of halogens is 1. The van der Waals surface area contributed by atoms with E-state index in [9.17, 15) is 14.3 Å². The van der Waals surface area contributed by atoms with Gasteiger partial charge in [-0.3, -0.25) is 9.78 Å². The standard InChI is InChI=1S/C10H13FN2O3/c1-16-6-7(14)4-13-10(15)8-2-3-12-5-9(8)11/h2-3,5,7,14H,4,6H2,1H3,(H,13,15). The minimum Gasteiger partial charge on any atom is -0.389 e. The van der Waals surface area contributed by atoms with Crippen molar-refractivity contribution in [1.82, 2.24) is 10.3 Å². The Morgan fingerprint density at radius 3 is 3.12 bits per heavy atom. The highest BCUT2D eigenvalue weighted by Crippen LogP contribution is 2.03. The molecule has 0 aromatic carbocycles. The van der Waals surface area contributed by atoms with Gasteiger partial charge in [0.2, 0.25) is 0 Å². The maximum Gasteiger partial charge on any atom is 0.254 e. The monoisotopic (exact) mass is 228 g/mol. The van der Waals surface area contributed by atoms with Crippen LogP contribution in [0.1, 0.15) is 10.4 Å². The molecule has 1 heterocycles. The van der Waals surface area contributed by atoms with Crippen molar-refractivity contribution >= 4 is 5.91 Å². The van der Waals surface area contributed by atoms with Gasteiger partial charge in [0, 0.05) is 19.9 Å². The van der Waals surface area contributed by atoms with Gasteiger partial charge in [0.25, 0.3) is 5.91 Å². The van der Waals surface area contributed by atoms with Gasteiger partial charge in [-0.25, -0.2) is 4.39 Å². The van der Waals surface area contributed by atoms with E-state index in [2.05, 4.69) is 15.0 Å². The molecule has 1 amide bonds. The molecule has 1 unspecified atom stereocenters. The summed E-state index contributed by atoms with van der Waals surface area (Å²) in [5.74, 6) is -1.28. The second-order valence-corrected chi connectivity index (χ2v) is 3.17. The summed E-state index contributed by atoms with van der Waals surface area (Å²) in [4.78, 5) is 15.0. The zero-order valence-electron chi connectivity index (χ0n) is 8.81. The largest absolute Gasteiger partial charge is 0.389 e. The highest BCUT2D eigenvalue weighted by atomic mass is 19.1. The number of ether oxygens (including phenoxy) is 1. The molecular formula is C10H13FN2O3. The summed E-state index contributed by atoms with van der Waals surface area (Å²) >= 11 is 0. The van der Waals surface area contributed by atoms with E-state index in [0.29, 0.717) is 0 Å². The highest BCUT2D eigenvalue weighted by molar-refractivity contribution is 5.94. The molecule has 1 atom stereocenters. The van der Waals surface area contributed by atoms with E-state index in [4.69, 9.17) is 0 Å². The molecule has 6 heteroatoms. The summed E-state index contributed by atoms with van der Waals surface area (Å²) in [6, 6.07) is 1.27. The summed E-state index contributed by atoms with van der Waals surface area (Å²) in [7, 11) is 1.44. The van der Waals surface area contributed by atoms with Crippen LogP contribution in [0.3, 0.4) is 0 Å². The summed E-state index contributed by atoms with van der Waals surface area (Å²) in [6.45, 7) is 0.119. The highest BCUT2D eigenvalue weighted by Gasteiger charge is 2.12. The summed E-state index contributed by atoms with van der Waals surface area (Å²) in [6.07, 6.45) is 1.48. The molecule has 0 spiro atoms. The summed E-state index contributed by atoms with van der Waals surface area (Å²) in [5, 5.41) is 11.7.